The van der Waals surface area contributed by atoms with Crippen molar-refractivity contribution in [2.45, 2.75) is 6.36 Å². The van der Waals surface area contributed by atoms with Crippen LogP contribution in [0.3, 0.4) is 0 Å². The van der Waals surface area contributed by atoms with Crippen molar-refractivity contribution in [3.63, 3.8) is 0 Å². The molecule has 1 saturated heterocycles. The monoisotopic (exact) mass is 552 g/mol. The quantitative estimate of drug-likeness (QED) is 0.320. The van der Waals surface area contributed by atoms with E-state index in [0.29, 0.717) is 36.7 Å². The van der Waals surface area contributed by atoms with Crippen LogP contribution < -0.4 is 15.0 Å². The molecule has 1 amide bonds. The molecule has 37 heavy (non-hydrogen) atoms. The number of hydrogen-bond acceptors (Lipinski definition) is 7. The van der Waals surface area contributed by atoms with E-state index < -0.39 is 6.36 Å². The lowest BCUT2D eigenvalue weighted by Crippen LogP contribution is -2.47. The Kier molecular flexibility index (Phi) is 8.47. The lowest BCUT2D eigenvalue weighted by Gasteiger charge is -2.35. The number of nitrogens with one attached hydrogen (secondary N) is 1. The Morgan fingerprint density at radius 1 is 1.08 bits per heavy atom. The number of carbonyl (C=O) groups is 1. The third-order valence-electron chi connectivity index (χ3n) is 5.44. The van der Waals surface area contributed by atoms with Gasteiger partial charge >= 0.3 is 6.36 Å². The maximum Gasteiger partial charge on any atom is 0.573 e. The minimum Gasteiger partial charge on any atom is -0.406 e. The molecule has 2 aromatic heterocycles. The Morgan fingerprint density at radius 2 is 1.81 bits per heavy atom. The van der Waals surface area contributed by atoms with Gasteiger partial charge in [-0.1, -0.05) is 35.9 Å². The van der Waals surface area contributed by atoms with Crippen LogP contribution in [0.1, 0.15) is 15.9 Å². The van der Waals surface area contributed by atoms with E-state index in [1.807, 2.05) is 17.1 Å². The molecular formula is C24H21Cl2F3N6O2. The predicted molar refractivity (Wildman–Crippen MR) is 135 cm³/mol. The fraction of sp³-hybridized carbons (Fsp3) is 0.250. The summed E-state index contributed by atoms with van der Waals surface area (Å²) in [5.74, 6) is -0.117. The minimum absolute atomic E-state index is 0.0666. The highest BCUT2D eigenvalue weighted by molar-refractivity contribution is 6.30. The minimum atomic E-state index is -4.71. The Balaban J connectivity index is 1.33. The lowest BCUT2D eigenvalue weighted by atomic mass is 10.2. The standard InChI is InChI=1S/C24H21Cl2F3N6O2/c25-20-14-17(7-8-30-20)22(36)32-19-15-31-23(26)33-21(19)35-12-10-34(11-13-35)9-1-2-16-3-5-18(6-4-16)37-24(27,28)29/h1-8,14-15H,9-13H2,(H,32,36)/b2-1+. The molecule has 0 bridgehead atoms. The molecule has 0 radical (unpaired) electrons. The molecule has 194 valence electrons. The summed E-state index contributed by atoms with van der Waals surface area (Å²) in [6.07, 6.45) is 1.99. The van der Waals surface area contributed by atoms with Crippen LogP contribution in [0.15, 0.2) is 54.9 Å². The van der Waals surface area contributed by atoms with Gasteiger partial charge in [0.1, 0.15) is 16.6 Å². The maximum atomic E-state index is 12.7. The van der Waals surface area contributed by atoms with Gasteiger partial charge in [0.25, 0.3) is 5.91 Å². The van der Waals surface area contributed by atoms with Gasteiger partial charge in [-0.25, -0.2) is 9.97 Å². The normalized spacial score (nSPS) is 14.7. The largest absolute Gasteiger partial charge is 0.573 e. The number of pyridine rings is 1. The highest BCUT2D eigenvalue weighted by atomic mass is 35.5. The van der Waals surface area contributed by atoms with Crippen LogP contribution in [-0.2, 0) is 0 Å². The lowest BCUT2D eigenvalue weighted by molar-refractivity contribution is -0.274. The number of carbonyl (C=O) groups excluding carboxylic acids is 1. The van der Waals surface area contributed by atoms with E-state index in [9.17, 15) is 18.0 Å². The summed E-state index contributed by atoms with van der Waals surface area (Å²) in [6.45, 7) is 3.37. The van der Waals surface area contributed by atoms with Gasteiger partial charge in [0.2, 0.25) is 5.28 Å². The van der Waals surface area contributed by atoms with Crippen molar-refractivity contribution in [2.75, 3.05) is 42.9 Å². The number of hydrogen-bond donors (Lipinski definition) is 1. The van der Waals surface area contributed by atoms with Gasteiger partial charge in [0.15, 0.2) is 5.82 Å². The Bertz CT molecular complexity index is 1270. The number of alkyl halides is 3. The molecular weight excluding hydrogens is 532 g/mol. The molecule has 0 aliphatic carbocycles. The topological polar surface area (TPSA) is 83.5 Å². The van der Waals surface area contributed by atoms with E-state index in [2.05, 4.69) is 29.9 Å². The van der Waals surface area contributed by atoms with Crippen molar-refractivity contribution in [1.82, 2.24) is 19.9 Å². The third-order valence-corrected chi connectivity index (χ3v) is 5.82. The van der Waals surface area contributed by atoms with Crippen LogP contribution in [0.2, 0.25) is 10.4 Å². The van der Waals surface area contributed by atoms with E-state index in [-0.39, 0.29) is 22.1 Å². The molecule has 0 unspecified atom stereocenters. The Hall–Kier alpha value is -3.41. The number of rotatable bonds is 7. The van der Waals surface area contributed by atoms with E-state index in [1.54, 1.807) is 18.2 Å². The van der Waals surface area contributed by atoms with Crippen LogP contribution >= 0.6 is 23.2 Å². The number of halogens is 5. The molecule has 0 spiro atoms. The van der Waals surface area contributed by atoms with Crippen LogP contribution in [0.25, 0.3) is 6.08 Å². The highest BCUT2D eigenvalue weighted by Crippen LogP contribution is 2.26. The average Bonchev–Trinajstić information content (AvgIpc) is 2.86. The molecule has 1 aromatic carbocycles. The van der Waals surface area contributed by atoms with Crippen molar-refractivity contribution in [2.24, 2.45) is 0 Å². The molecule has 3 heterocycles. The van der Waals surface area contributed by atoms with Gasteiger partial charge in [-0.15, -0.1) is 13.2 Å². The first-order chi connectivity index (χ1) is 17.7. The van der Waals surface area contributed by atoms with E-state index in [0.717, 1.165) is 18.7 Å². The molecule has 13 heteroatoms. The maximum absolute atomic E-state index is 12.7. The van der Waals surface area contributed by atoms with Crippen LogP contribution in [-0.4, -0.2) is 64.8 Å². The van der Waals surface area contributed by atoms with E-state index in [4.69, 9.17) is 23.2 Å². The molecule has 1 aliphatic rings. The number of piperazine rings is 1. The number of amides is 1. The van der Waals surface area contributed by atoms with Crippen LogP contribution in [0.5, 0.6) is 5.75 Å². The summed E-state index contributed by atoms with van der Waals surface area (Å²) in [6, 6.07) is 8.68. The molecule has 0 atom stereocenters. The highest BCUT2D eigenvalue weighted by Gasteiger charge is 2.31. The van der Waals surface area contributed by atoms with Crippen molar-refractivity contribution >= 4 is 46.7 Å². The second kappa shape index (κ2) is 11.8. The Labute approximate surface area is 220 Å². The smallest absolute Gasteiger partial charge is 0.406 e. The number of benzene rings is 1. The molecule has 3 aromatic rings. The zero-order chi connectivity index (χ0) is 26.4. The second-order valence-electron chi connectivity index (χ2n) is 8.00. The van der Waals surface area contributed by atoms with Gasteiger partial charge < -0.3 is 15.0 Å². The van der Waals surface area contributed by atoms with Crippen molar-refractivity contribution < 1.29 is 22.7 Å². The third kappa shape index (κ3) is 7.78. The van der Waals surface area contributed by atoms with Gasteiger partial charge in [-0.2, -0.15) is 4.98 Å². The van der Waals surface area contributed by atoms with Crippen molar-refractivity contribution in [1.29, 1.82) is 0 Å². The molecule has 1 fully saturated rings. The summed E-state index contributed by atoms with van der Waals surface area (Å²) >= 11 is 11.9. The molecule has 8 nitrogen and oxygen atoms in total. The zero-order valence-corrected chi connectivity index (χ0v) is 20.8. The van der Waals surface area contributed by atoms with E-state index >= 15 is 0 Å². The first-order valence-corrected chi connectivity index (χ1v) is 11.9. The summed E-state index contributed by atoms with van der Waals surface area (Å²) < 4.78 is 40.7. The van der Waals surface area contributed by atoms with Gasteiger partial charge in [0.05, 0.1) is 6.20 Å². The van der Waals surface area contributed by atoms with Crippen molar-refractivity contribution in [3.8, 4) is 5.75 Å². The predicted octanol–water partition coefficient (Wildman–Crippen LogP) is 5.16. The summed E-state index contributed by atoms with van der Waals surface area (Å²) in [4.78, 5) is 29.1. The number of ether oxygens (including phenoxy) is 1. The fourth-order valence-corrected chi connectivity index (χ4v) is 3.98. The molecule has 1 aliphatic heterocycles. The zero-order valence-electron chi connectivity index (χ0n) is 19.3. The molecule has 1 N–H and O–H groups in total. The number of anilines is 2. The Morgan fingerprint density at radius 3 is 2.49 bits per heavy atom. The van der Waals surface area contributed by atoms with Crippen LogP contribution in [0.4, 0.5) is 24.7 Å². The number of nitrogens with zero attached hydrogens (tertiary/aromatic N) is 5. The van der Waals surface area contributed by atoms with Gasteiger partial charge in [-0.3, -0.25) is 9.69 Å². The molecule has 4 rings (SSSR count). The van der Waals surface area contributed by atoms with E-state index in [1.165, 1.54) is 30.6 Å². The summed E-state index contributed by atoms with van der Waals surface area (Å²) in [5, 5.41) is 3.08. The van der Waals surface area contributed by atoms with Gasteiger partial charge in [0, 0.05) is 44.5 Å². The number of aromatic nitrogens is 3. The fourth-order valence-electron chi connectivity index (χ4n) is 3.68. The molecule has 0 saturated carbocycles. The van der Waals surface area contributed by atoms with Gasteiger partial charge in [-0.05, 0) is 41.4 Å². The first-order valence-electron chi connectivity index (χ1n) is 11.1. The first kappa shape index (κ1) is 26.6. The summed E-state index contributed by atoms with van der Waals surface area (Å²) in [7, 11) is 0. The van der Waals surface area contributed by atoms with Crippen LogP contribution in [0, 0.1) is 0 Å². The van der Waals surface area contributed by atoms with Crippen molar-refractivity contribution in [3.05, 3.63) is 76.4 Å². The second-order valence-corrected chi connectivity index (χ2v) is 8.73. The summed E-state index contributed by atoms with van der Waals surface area (Å²) in [5.41, 5.74) is 1.54. The SMILES string of the molecule is O=C(Nc1cnc(Cl)nc1N1CCN(C/C=C/c2ccc(OC(F)(F)F)cc2)CC1)c1ccnc(Cl)c1. The average molecular weight is 553 g/mol.